The number of nitrogens with zero attached hydrogens (tertiary/aromatic N) is 1. The first kappa shape index (κ1) is 15.8. The fourth-order valence-electron chi connectivity index (χ4n) is 3.90. The second-order valence-electron chi connectivity index (χ2n) is 6.75. The Morgan fingerprint density at radius 3 is 2.64 bits per heavy atom. The van der Waals surface area contributed by atoms with Gasteiger partial charge in [-0.2, -0.15) is 0 Å². The Hall–Kier alpha value is -1.06. The van der Waals surface area contributed by atoms with Crippen LogP contribution in [0.25, 0.3) is 0 Å². The maximum Gasteiger partial charge on any atom is 0.122 e. The maximum atomic E-state index is 5.60. The van der Waals surface area contributed by atoms with Crippen LogP contribution < -0.4 is 10.1 Å². The van der Waals surface area contributed by atoms with Gasteiger partial charge in [-0.3, -0.25) is 0 Å². The van der Waals surface area contributed by atoms with E-state index < -0.39 is 0 Å². The molecule has 2 aliphatic rings. The number of nitrogens with one attached hydrogen (secondary N) is 1. The van der Waals surface area contributed by atoms with Crippen molar-refractivity contribution in [2.24, 2.45) is 0 Å². The largest absolute Gasteiger partial charge is 0.496 e. The molecule has 0 amide bonds. The van der Waals surface area contributed by atoms with Gasteiger partial charge in [0.2, 0.25) is 0 Å². The van der Waals surface area contributed by atoms with Crippen LogP contribution in [0.5, 0.6) is 5.75 Å². The Morgan fingerprint density at radius 1 is 1.14 bits per heavy atom. The lowest BCUT2D eigenvalue weighted by atomic mass is 9.83. The number of rotatable bonds is 5. The van der Waals surface area contributed by atoms with Gasteiger partial charge in [-0.05, 0) is 42.4 Å². The van der Waals surface area contributed by atoms with E-state index in [0.717, 1.165) is 37.7 Å². The van der Waals surface area contributed by atoms with Gasteiger partial charge in [0.1, 0.15) is 5.75 Å². The Bertz CT molecular complexity index is 463. The summed E-state index contributed by atoms with van der Waals surface area (Å²) in [6.45, 7) is 5.74. The Kier molecular flexibility index (Phi) is 5.74. The summed E-state index contributed by atoms with van der Waals surface area (Å²) in [6, 6.07) is 6.91. The highest BCUT2D eigenvalue weighted by Crippen LogP contribution is 2.34. The number of hydrogen-bond donors (Lipinski definition) is 1. The molecular weight excluding hydrogens is 272 g/mol. The van der Waals surface area contributed by atoms with Gasteiger partial charge in [-0.1, -0.05) is 31.4 Å². The molecular formula is C19H30N2O. The molecule has 1 saturated carbocycles. The monoisotopic (exact) mass is 302 g/mol. The minimum atomic E-state index is 0.776. The van der Waals surface area contributed by atoms with Crippen LogP contribution in [0.4, 0.5) is 0 Å². The molecule has 2 fully saturated rings. The van der Waals surface area contributed by atoms with Gasteiger partial charge in [0.25, 0.3) is 0 Å². The fraction of sp³-hybridized carbons (Fsp3) is 0.684. The molecule has 1 aromatic rings. The van der Waals surface area contributed by atoms with Crippen molar-refractivity contribution >= 4 is 0 Å². The molecule has 0 unspecified atom stereocenters. The Balaban J connectivity index is 1.67. The summed E-state index contributed by atoms with van der Waals surface area (Å²) in [5, 5.41) is 3.42. The Labute approximate surface area is 135 Å². The Morgan fingerprint density at radius 2 is 1.91 bits per heavy atom. The van der Waals surface area contributed by atoms with Crippen LogP contribution in [0.3, 0.4) is 0 Å². The first-order chi connectivity index (χ1) is 10.9. The van der Waals surface area contributed by atoms with E-state index in [9.17, 15) is 0 Å². The van der Waals surface area contributed by atoms with E-state index in [0.29, 0.717) is 0 Å². The number of benzene rings is 1. The van der Waals surface area contributed by atoms with Gasteiger partial charge >= 0.3 is 0 Å². The van der Waals surface area contributed by atoms with Crippen molar-refractivity contribution in [1.82, 2.24) is 10.2 Å². The highest BCUT2D eigenvalue weighted by Gasteiger charge is 2.17. The van der Waals surface area contributed by atoms with Crippen molar-refractivity contribution in [1.29, 1.82) is 0 Å². The van der Waals surface area contributed by atoms with Crippen LogP contribution in [0.2, 0.25) is 0 Å². The molecule has 1 aliphatic carbocycles. The van der Waals surface area contributed by atoms with E-state index in [1.54, 1.807) is 7.11 Å². The highest BCUT2D eigenvalue weighted by atomic mass is 16.5. The van der Waals surface area contributed by atoms with Gasteiger partial charge < -0.3 is 15.0 Å². The minimum absolute atomic E-state index is 0.776. The van der Waals surface area contributed by atoms with Crippen LogP contribution in [0.1, 0.15) is 49.1 Å². The van der Waals surface area contributed by atoms with Crippen LogP contribution in [-0.4, -0.2) is 44.7 Å². The standard InChI is InChI=1S/C19H30N2O/c1-22-19-8-7-17(16-5-3-2-4-6-16)15-18(19)9-12-21-13-10-20-11-14-21/h7-8,15-16,20H,2-6,9-14H2,1H3. The van der Waals surface area contributed by atoms with Crippen molar-refractivity contribution in [3.05, 3.63) is 29.3 Å². The zero-order valence-electron chi connectivity index (χ0n) is 13.9. The van der Waals surface area contributed by atoms with Crippen molar-refractivity contribution in [2.45, 2.75) is 44.4 Å². The average Bonchev–Trinajstić information content (AvgIpc) is 2.61. The molecule has 0 bridgehead atoms. The summed E-state index contributed by atoms with van der Waals surface area (Å²) >= 11 is 0. The summed E-state index contributed by atoms with van der Waals surface area (Å²) in [5.74, 6) is 1.84. The number of hydrogen-bond acceptors (Lipinski definition) is 3. The molecule has 3 rings (SSSR count). The summed E-state index contributed by atoms with van der Waals surface area (Å²) in [4.78, 5) is 2.56. The summed E-state index contributed by atoms with van der Waals surface area (Å²) < 4.78 is 5.60. The average molecular weight is 302 g/mol. The third kappa shape index (κ3) is 4.02. The third-order valence-electron chi connectivity index (χ3n) is 5.29. The molecule has 1 heterocycles. The zero-order valence-corrected chi connectivity index (χ0v) is 13.9. The number of piperazine rings is 1. The predicted octanol–water partition coefficient (Wildman–Crippen LogP) is 3.19. The highest BCUT2D eigenvalue weighted by molar-refractivity contribution is 5.39. The normalized spacial score (nSPS) is 21.0. The molecule has 0 spiro atoms. The summed E-state index contributed by atoms with van der Waals surface area (Å²) in [7, 11) is 1.80. The lowest BCUT2D eigenvalue weighted by molar-refractivity contribution is 0.243. The smallest absolute Gasteiger partial charge is 0.122 e. The van der Waals surface area contributed by atoms with Gasteiger partial charge in [-0.15, -0.1) is 0 Å². The molecule has 1 saturated heterocycles. The fourth-order valence-corrected chi connectivity index (χ4v) is 3.90. The SMILES string of the molecule is COc1ccc(C2CCCCC2)cc1CCN1CCNCC1. The molecule has 1 aromatic carbocycles. The lowest BCUT2D eigenvalue weighted by Crippen LogP contribution is -2.44. The third-order valence-corrected chi connectivity index (χ3v) is 5.29. The van der Waals surface area contributed by atoms with Crippen molar-refractivity contribution in [3.8, 4) is 5.75 Å². The molecule has 1 aliphatic heterocycles. The minimum Gasteiger partial charge on any atom is -0.496 e. The molecule has 1 N–H and O–H groups in total. The van der Waals surface area contributed by atoms with E-state index in [1.807, 2.05) is 0 Å². The van der Waals surface area contributed by atoms with Crippen LogP contribution in [0, 0.1) is 0 Å². The molecule has 122 valence electrons. The van der Waals surface area contributed by atoms with Gasteiger partial charge in [0.15, 0.2) is 0 Å². The van der Waals surface area contributed by atoms with Crippen LogP contribution in [-0.2, 0) is 6.42 Å². The van der Waals surface area contributed by atoms with Crippen LogP contribution >= 0.6 is 0 Å². The van der Waals surface area contributed by atoms with E-state index in [2.05, 4.69) is 28.4 Å². The van der Waals surface area contributed by atoms with Gasteiger partial charge in [0, 0.05) is 32.7 Å². The molecule has 3 nitrogen and oxygen atoms in total. The number of ether oxygens (including phenoxy) is 1. The van der Waals surface area contributed by atoms with Crippen molar-refractivity contribution in [2.75, 3.05) is 39.8 Å². The van der Waals surface area contributed by atoms with E-state index in [-0.39, 0.29) is 0 Å². The molecule has 0 aromatic heterocycles. The molecule has 22 heavy (non-hydrogen) atoms. The first-order valence-electron chi connectivity index (χ1n) is 8.96. The maximum absolute atomic E-state index is 5.60. The molecule has 0 atom stereocenters. The van der Waals surface area contributed by atoms with Crippen molar-refractivity contribution < 1.29 is 4.74 Å². The summed E-state index contributed by atoms with van der Waals surface area (Å²) in [6.07, 6.45) is 8.04. The molecule has 3 heteroatoms. The molecule has 0 radical (unpaired) electrons. The quantitative estimate of drug-likeness (QED) is 0.904. The zero-order chi connectivity index (χ0) is 15.2. The van der Waals surface area contributed by atoms with E-state index in [4.69, 9.17) is 4.74 Å². The number of methoxy groups -OCH3 is 1. The van der Waals surface area contributed by atoms with Crippen LogP contribution in [0.15, 0.2) is 18.2 Å². The van der Waals surface area contributed by atoms with Crippen molar-refractivity contribution in [3.63, 3.8) is 0 Å². The van der Waals surface area contributed by atoms with E-state index >= 15 is 0 Å². The first-order valence-corrected chi connectivity index (χ1v) is 8.96. The second kappa shape index (κ2) is 7.98. The van der Waals surface area contributed by atoms with Gasteiger partial charge in [-0.25, -0.2) is 0 Å². The lowest BCUT2D eigenvalue weighted by Gasteiger charge is -2.27. The van der Waals surface area contributed by atoms with Gasteiger partial charge in [0.05, 0.1) is 7.11 Å². The summed E-state index contributed by atoms with van der Waals surface area (Å²) in [5.41, 5.74) is 2.93. The second-order valence-corrected chi connectivity index (χ2v) is 6.75. The predicted molar refractivity (Wildman–Crippen MR) is 91.8 cm³/mol. The topological polar surface area (TPSA) is 24.5 Å². The van der Waals surface area contributed by atoms with E-state index in [1.165, 1.54) is 56.3 Å².